The summed E-state index contributed by atoms with van der Waals surface area (Å²) in [6.45, 7) is 1.48. The van der Waals surface area contributed by atoms with Crippen LogP contribution in [0.5, 0.6) is 0 Å². The van der Waals surface area contributed by atoms with Gasteiger partial charge in [0.25, 0.3) is 5.91 Å². The molecule has 2 N–H and O–H groups in total. The quantitative estimate of drug-likeness (QED) is 0.470. The summed E-state index contributed by atoms with van der Waals surface area (Å²) >= 11 is 0. The molecular formula is C25H30N8O2. The molecule has 35 heavy (non-hydrogen) atoms. The van der Waals surface area contributed by atoms with E-state index in [4.69, 9.17) is 4.98 Å². The van der Waals surface area contributed by atoms with Gasteiger partial charge in [0.15, 0.2) is 17.0 Å². The molecule has 1 amide bonds. The Labute approximate surface area is 202 Å². The van der Waals surface area contributed by atoms with Crippen LogP contribution in [0.3, 0.4) is 0 Å². The predicted octanol–water partition coefficient (Wildman–Crippen LogP) is 2.91. The number of rotatable bonds is 4. The van der Waals surface area contributed by atoms with Crippen molar-refractivity contribution in [3.63, 3.8) is 0 Å². The number of benzene rings is 1. The second-order valence-electron chi connectivity index (χ2n) is 9.71. The van der Waals surface area contributed by atoms with Gasteiger partial charge >= 0.3 is 5.69 Å². The highest BCUT2D eigenvalue weighted by molar-refractivity contribution is 5.96. The fourth-order valence-corrected chi connectivity index (χ4v) is 5.69. The van der Waals surface area contributed by atoms with Gasteiger partial charge in [-0.25, -0.2) is 19.7 Å². The number of aryl methyl sites for hydroxylation is 1. The standard InChI is InChI=1S/C25H30N8O2/c1-31-21-20(30-23(31)24(34)28-16-7-3-2-4-8-16)22(27-15-26-21)32-13-11-17(12-14-32)33-19-10-6-5-9-18(19)29-25(33)35/h5-6,9-10,15-17H,2-4,7-8,11-14H2,1H3,(H,28,34)(H,29,35). The Balaban J connectivity index is 1.23. The van der Waals surface area contributed by atoms with Gasteiger partial charge in [0, 0.05) is 32.2 Å². The maximum atomic E-state index is 13.0. The molecule has 4 aromatic rings. The first-order valence-electron chi connectivity index (χ1n) is 12.5. The van der Waals surface area contributed by atoms with Crippen molar-refractivity contribution in [1.29, 1.82) is 0 Å². The van der Waals surface area contributed by atoms with Gasteiger partial charge in [0.1, 0.15) is 6.33 Å². The van der Waals surface area contributed by atoms with Crippen molar-refractivity contribution in [3.8, 4) is 0 Å². The molecule has 4 heterocycles. The van der Waals surface area contributed by atoms with Crippen LogP contribution in [0, 0.1) is 0 Å². The smallest absolute Gasteiger partial charge is 0.326 e. The number of carbonyl (C=O) groups excluding carboxylic acids is 1. The number of aromatic amines is 1. The lowest BCUT2D eigenvalue weighted by molar-refractivity contribution is 0.0914. The Morgan fingerprint density at radius 1 is 1.06 bits per heavy atom. The molecule has 1 aliphatic carbocycles. The fraction of sp³-hybridized carbons (Fsp3) is 0.480. The Morgan fingerprint density at radius 3 is 2.63 bits per heavy atom. The van der Waals surface area contributed by atoms with Gasteiger partial charge in [-0.15, -0.1) is 0 Å². The molecule has 10 nitrogen and oxygen atoms in total. The molecule has 1 saturated heterocycles. The molecule has 3 aromatic heterocycles. The summed E-state index contributed by atoms with van der Waals surface area (Å²) in [5.41, 5.74) is 3.04. The van der Waals surface area contributed by atoms with Crippen molar-refractivity contribution in [3.05, 3.63) is 46.9 Å². The summed E-state index contributed by atoms with van der Waals surface area (Å²) in [4.78, 5) is 44.5. The summed E-state index contributed by atoms with van der Waals surface area (Å²) in [5.74, 6) is 0.959. The summed E-state index contributed by atoms with van der Waals surface area (Å²) in [6.07, 6.45) is 8.77. The van der Waals surface area contributed by atoms with Gasteiger partial charge in [0.2, 0.25) is 5.82 Å². The van der Waals surface area contributed by atoms with Crippen molar-refractivity contribution in [2.45, 2.75) is 57.0 Å². The maximum absolute atomic E-state index is 13.0. The molecule has 0 radical (unpaired) electrons. The highest BCUT2D eigenvalue weighted by Gasteiger charge is 2.28. The number of para-hydroxylation sites is 2. The number of nitrogens with zero attached hydrogens (tertiary/aromatic N) is 6. The molecule has 0 spiro atoms. The molecule has 2 fully saturated rings. The first kappa shape index (κ1) is 21.8. The third-order valence-electron chi connectivity index (χ3n) is 7.53. The van der Waals surface area contributed by atoms with Gasteiger partial charge in [-0.1, -0.05) is 31.4 Å². The molecule has 0 unspecified atom stereocenters. The Hall–Kier alpha value is -3.69. The number of H-pyrrole nitrogens is 1. The molecule has 10 heteroatoms. The zero-order chi connectivity index (χ0) is 23.9. The fourth-order valence-electron chi connectivity index (χ4n) is 5.69. The van der Waals surface area contributed by atoms with E-state index in [2.05, 4.69) is 25.2 Å². The minimum Gasteiger partial charge on any atom is -0.355 e. The number of aromatic nitrogens is 6. The van der Waals surface area contributed by atoms with E-state index in [1.807, 2.05) is 35.9 Å². The normalized spacial score (nSPS) is 17.9. The Morgan fingerprint density at radius 2 is 1.83 bits per heavy atom. The van der Waals surface area contributed by atoms with Crippen LogP contribution in [0.15, 0.2) is 35.4 Å². The number of nitrogens with one attached hydrogen (secondary N) is 2. The van der Waals surface area contributed by atoms with E-state index in [1.165, 1.54) is 6.42 Å². The topological polar surface area (TPSA) is 114 Å². The largest absolute Gasteiger partial charge is 0.355 e. The van der Waals surface area contributed by atoms with Crippen LogP contribution in [-0.2, 0) is 7.05 Å². The highest BCUT2D eigenvalue weighted by Crippen LogP contribution is 2.30. The monoisotopic (exact) mass is 474 g/mol. The minimum atomic E-state index is -0.152. The lowest BCUT2D eigenvalue weighted by Gasteiger charge is -2.33. The SMILES string of the molecule is Cn1c(C(=O)NC2CCCCC2)nc2c(N3CCC(n4c(=O)[nH]c5ccccc54)CC3)ncnc21. The van der Waals surface area contributed by atoms with E-state index < -0.39 is 0 Å². The van der Waals surface area contributed by atoms with E-state index >= 15 is 0 Å². The number of fused-ring (bicyclic) bond motifs is 2. The van der Waals surface area contributed by atoms with Crippen LogP contribution in [0.4, 0.5) is 5.82 Å². The maximum Gasteiger partial charge on any atom is 0.326 e. The van der Waals surface area contributed by atoms with Crippen molar-refractivity contribution < 1.29 is 4.79 Å². The molecule has 6 rings (SSSR count). The van der Waals surface area contributed by atoms with Crippen LogP contribution in [0.25, 0.3) is 22.2 Å². The summed E-state index contributed by atoms with van der Waals surface area (Å²) in [5, 5.41) is 3.16. The third-order valence-corrected chi connectivity index (χ3v) is 7.53. The lowest BCUT2D eigenvalue weighted by atomic mass is 9.95. The van der Waals surface area contributed by atoms with Crippen molar-refractivity contribution in [1.82, 2.24) is 34.4 Å². The Bertz CT molecular complexity index is 1440. The number of carbonyl (C=O) groups is 1. The van der Waals surface area contributed by atoms with Crippen LogP contribution >= 0.6 is 0 Å². The molecule has 0 bridgehead atoms. The molecule has 1 aliphatic heterocycles. The molecule has 182 valence electrons. The number of amides is 1. The average Bonchev–Trinajstić information content (AvgIpc) is 3.41. The van der Waals surface area contributed by atoms with Gasteiger partial charge in [-0.05, 0) is 37.8 Å². The first-order chi connectivity index (χ1) is 17.1. The van der Waals surface area contributed by atoms with E-state index in [1.54, 1.807) is 10.9 Å². The van der Waals surface area contributed by atoms with E-state index in [9.17, 15) is 9.59 Å². The van der Waals surface area contributed by atoms with Crippen LogP contribution in [0.1, 0.15) is 61.6 Å². The van der Waals surface area contributed by atoms with E-state index in [0.29, 0.717) is 17.0 Å². The number of imidazole rings is 2. The Kier molecular flexibility index (Phi) is 5.50. The molecule has 1 saturated carbocycles. The number of anilines is 1. The van der Waals surface area contributed by atoms with Crippen molar-refractivity contribution in [2.75, 3.05) is 18.0 Å². The van der Waals surface area contributed by atoms with Gasteiger partial charge in [-0.2, -0.15) is 0 Å². The van der Waals surface area contributed by atoms with E-state index in [-0.39, 0.29) is 23.7 Å². The molecular weight excluding hydrogens is 444 g/mol. The van der Waals surface area contributed by atoms with Crippen molar-refractivity contribution >= 4 is 33.9 Å². The van der Waals surface area contributed by atoms with Crippen LogP contribution in [-0.4, -0.2) is 54.1 Å². The molecule has 0 atom stereocenters. The molecule has 1 aromatic carbocycles. The summed E-state index contributed by atoms with van der Waals surface area (Å²) in [7, 11) is 1.83. The second-order valence-corrected chi connectivity index (χ2v) is 9.71. The first-order valence-corrected chi connectivity index (χ1v) is 12.5. The summed E-state index contributed by atoms with van der Waals surface area (Å²) < 4.78 is 3.65. The highest BCUT2D eigenvalue weighted by atomic mass is 16.2. The average molecular weight is 475 g/mol. The van der Waals surface area contributed by atoms with Crippen LogP contribution in [0.2, 0.25) is 0 Å². The third kappa shape index (κ3) is 3.86. The van der Waals surface area contributed by atoms with Crippen molar-refractivity contribution in [2.24, 2.45) is 7.05 Å². The second kappa shape index (κ2) is 8.83. The zero-order valence-electron chi connectivity index (χ0n) is 19.9. The lowest BCUT2D eigenvalue weighted by Crippen LogP contribution is -2.37. The number of piperidine rings is 1. The van der Waals surface area contributed by atoms with Crippen LogP contribution < -0.4 is 15.9 Å². The van der Waals surface area contributed by atoms with E-state index in [0.717, 1.165) is 68.5 Å². The molecule has 2 aliphatic rings. The van der Waals surface area contributed by atoms with Gasteiger partial charge in [-0.3, -0.25) is 9.36 Å². The van der Waals surface area contributed by atoms with Gasteiger partial charge < -0.3 is 19.8 Å². The van der Waals surface area contributed by atoms with Gasteiger partial charge in [0.05, 0.1) is 11.0 Å². The number of hydrogen-bond donors (Lipinski definition) is 2. The summed E-state index contributed by atoms with van der Waals surface area (Å²) in [6, 6.07) is 8.15. The number of hydrogen-bond acceptors (Lipinski definition) is 6. The predicted molar refractivity (Wildman–Crippen MR) is 134 cm³/mol. The minimum absolute atomic E-state index is 0.0626. The zero-order valence-corrected chi connectivity index (χ0v) is 19.9.